The van der Waals surface area contributed by atoms with Crippen molar-refractivity contribution in [3.05, 3.63) is 59.8 Å². The highest BCUT2D eigenvalue weighted by Gasteiger charge is 2.34. The molecule has 1 fully saturated rings. The van der Waals surface area contributed by atoms with E-state index in [1.807, 2.05) is 6.92 Å². The number of aromatic nitrogens is 1. The number of aromatic amines is 1. The molecule has 3 aromatic rings. The molecule has 1 aliphatic rings. The van der Waals surface area contributed by atoms with E-state index < -0.39 is 23.6 Å². The number of carbonyl (C=O) groups excluding carboxylic acids is 3. The van der Waals surface area contributed by atoms with E-state index in [1.165, 1.54) is 15.9 Å². The predicted octanol–water partition coefficient (Wildman–Crippen LogP) is 4.08. The summed E-state index contributed by atoms with van der Waals surface area (Å²) >= 11 is 0. The Balaban J connectivity index is 1.42. The minimum atomic E-state index is -0.794. The quantitative estimate of drug-likeness (QED) is 0.282. The number of carbonyl (C=O) groups is 3. The smallest absolute Gasteiger partial charge is 0.270 e. The van der Waals surface area contributed by atoms with Crippen LogP contribution in [0.15, 0.2) is 42.5 Å². The van der Waals surface area contributed by atoms with Crippen molar-refractivity contribution < 1.29 is 27.9 Å². The Kier molecular flexibility index (Phi) is 8.76. The minimum Gasteiger partial charge on any atom is -0.494 e. The predicted molar refractivity (Wildman–Crippen MR) is 140 cm³/mol. The molecule has 2 N–H and O–H groups in total. The highest BCUT2D eigenvalue weighted by atomic mass is 19.1. The fourth-order valence-corrected chi connectivity index (χ4v) is 4.71. The summed E-state index contributed by atoms with van der Waals surface area (Å²) in [6, 6.07) is 11.6. The second-order valence-electron chi connectivity index (χ2n) is 9.63. The highest BCUT2D eigenvalue weighted by molar-refractivity contribution is 5.99. The van der Waals surface area contributed by atoms with E-state index in [1.54, 1.807) is 24.3 Å². The zero-order chi connectivity index (χ0) is 27.9. The minimum absolute atomic E-state index is 0.0363. The number of rotatable bonds is 11. The average molecular weight is 538 g/mol. The maximum atomic E-state index is 14.2. The molecule has 11 heteroatoms. The molecule has 2 unspecified atom stereocenters. The number of nitriles is 1. The maximum absolute atomic E-state index is 14.2. The summed E-state index contributed by atoms with van der Waals surface area (Å²) in [7, 11) is 0. The van der Waals surface area contributed by atoms with Crippen LogP contribution in [0.3, 0.4) is 0 Å². The molecule has 4 rings (SSSR count). The van der Waals surface area contributed by atoms with Crippen molar-refractivity contribution in [3.63, 3.8) is 0 Å². The zero-order valence-electron chi connectivity index (χ0n) is 21.5. The summed E-state index contributed by atoms with van der Waals surface area (Å²) in [5.41, 5.74) is 0.818. The Bertz CT molecular complexity index is 1390. The Morgan fingerprint density at radius 2 is 2.00 bits per heavy atom. The first-order valence-electron chi connectivity index (χ1n) is 12.7. The number of ether oxygens (including phenoxy) is 1. The first-order chi connectivity index (χ1) is 18.8. The molecule has 204 valence electrons. The van der Waals surface area contributed by atoms with Gasteiger partial charge in [0.25, 0.3) is 5.91 Å². The normalized spacial score (nSPS) is 16.6. The van der Waals surface area contributed by atoms with Gasteiger partial charge in [0.2, 0.25) is 12.3 Å². The second kappa shape index (κ2) is 12.4. The van der Waals surface area contributed by atoms with Crippen molar-refractivity contribution in [1.82, 2.24) is 14.8 Å². The van der Waals surface area contributed by atoms with E-state index in [4.69, 9.17) is 4.74 Å². The van der Waals surface area contributed by atoms with Crippen molar-refractivity contribution in [2.45, 2.75) is 32.2 Å². The van der Waals surface area contributed by atoms with Gasteiger partial charge in [0.1, 0.15) is 35.7 Å². The lowest BCUT2D eigenvalue weighted by Crippen LogP contribution is -2.45. The number of amides is 3. The van der Waals surface area contributed by atoms with E-state index in [0.717, 1.165) is 12.1 Å². The number of fused-ring (bicyclic) bond motifs is 1. The summed E-state index contributed by atoms with van der Waals surface area (Å²) in [6.45, 7) is 2.72. The molecule has 0 spiro atoms. The summed E-state index contributed by atoms with van der Waals surface area (Å²) < 4.78 is 33.6. The molecule has 1 saturated heterocycles. The molecule has 2 heterocycles. The standard InChI is InChI=1S/C28H29F2N5O4/c1-18-10-21(14-31)35(15-18)27(37)16-34(8-2-3-9-39-22-6-4-20(5-7-22)32-17-36)28(38)26-13-23-24(30)11-19(29)12-25(23)33-26/h4-7,11-13,17-18,21,33H,2-3,8-10,15-16H2,1H3,(H,32,36). The Hall–Kier alpha value is -4.46. The van der Waals surface area contributed by atoms with Crippen molar-refractivity contribution in [2.24, 2.45) is 5.92 Å². The van der Waals surface area contributed by atoms with Crippen LogP contribution in [0.4, 0.5) is 14.5 Å². The van der Waals surface area contributed by atoms with Crippen LogP contribution in [-0.4, -0.2) is 65.3 Å². The second-order valence-corrected chi connectivity index (χ2v) is 9.63. The third-order valence-electron chi connectivity index (χ3n) is 6.65. The molecule has 0 radical (unpaired) electrons. The SMILES string of the molecule is CC1CC(C#N)N(C(=O)CN(CCCCOc2ccc(NC=O)cc2)C(=O)c2cc3c(F)cc(F)cc3[nH]2)C1. The molecule has 1 aliphatic heterocycles. The highest BCUT2D eigenvalue weighted by Crippen LogP contribution is 2.24. The van der Waals surface area contributed by atoms with Crippen LogP contribution in [0.5, 0.6) is 5.75 Å². The molecule has 39 heavy (non-hydrogen) atoms. The van der Waals surface area contributed by atoms with Gasteiger partial charge >= 0.3 is 0 Å². The van der Waals surface area contributed by atoms with Crippen LogP contribution in [0, 0.1) is 28.9 Å². The summed E-state index contributed by atoms with van der Waals surface area (Å²) in [5, 5.41) is 12.1. The number of nitrogens with zero attached hydrogens (tertiary/aromatic N) is 3. The Morgan fingerprint density at radius 3 is 2.72 bits per heavy atom. The monoisotopic (exact) mass is 537 g/mol. The van der Waals surface area contributed by atoms with Crippen LogP contribution in [0.25, 0.3) is 10.9 Å². The van der Waals surface area contributed by atoms with Gasteiger partial charge < -0.3 is 24.8 Å². The van der Waals surface area contributed by atoms with E-state index in [2.05, 4.69) is 16.4 Å². The number of likely N-dealkylation sites (tertiary alicyclic amines) is 1. The summed E-state index contributed by atoms with van der Waals surface area (Å²) in [5.74, 6) is -1.64. The van der Waals surface area contributed by atoms with E-state index >= 15 is 0 Å². The number of halogens is 2. The average Bonchev–Trinajstić information content (AvgIpc) is 3.52. The van der Waals surface area contributed by atoms with E-state index in [9.17, 15) is 28.4 Å². The van der Waals surface area contributed by atoms with Gasteiger partial charge in [-0.25, -0.2) is 8.78 Å². The molecule has 1 aromatic heterocycles. The number of anilines is 1. The van der Waals surface area contributed by atoms with Gasteiger partial charge in [-0.2, -0.15) is 5.26 Å². The lowest BCUT2D eigenvalue weighted by atomic mass is 10.1. The van der Waals surface area contributed by atoms with Crippen molar-refractivity contribution in [2.75, 3.05) is 31.6 Å². The Morgan fingerprint density at radius 1 is 1.23 bits per heavy atom. The zero-order valence-corrected chi connectivity index (χ0v) is 21.5. The van der Waals surface area contributed by atoms with Crippen LogP contribution in [0.1, 0.15) is 36.7 Å². The third kappa shape index (κ3) is 6.71. The van der Waals surface area contributed by atoms with Gasteiger partial charge in [0, 0.05) is 30.2 Å². The van der Waals surface area contributed by atoms with Crippen LogP contribution in [-0.2, 0) is 9.59 Å². The molecule has 0 saturated carbocycles. The fourth-order valence-electron chi connectivity index (χ4n) is 4.71. The molecular weight excluding hydrogens is 508 g/mol. The van der Waals surface area contributed by atoms with Crippen LogP contribution >= 0.6 is 0 Å². The first kappa shape index (κ1) is 27.6. The van der Waals surface area contributed by atoms with Gasteiger partial charge in [0.05, 0.1) is 18.2 Å². The van der Waals surface area contributed by atoms with Crippen molar-refractivity contribution in [1.29, 1.82) is 5.26 Å². The molecule has 0 bridgehead atoms. The summed E-state index contributed by atoms with van der Waals surface area (Å²) in [4.78, 5) is 42.7. The number of hydrogen-bond acceptors (Lipinski definition) is 5. The third-order valence-corrected chi connectivity index (χ3v) is 6.65. The number of benzene rings is 2. The molecular formula is C28H29F2N5O4. The molecule has 3 amide bonds. The first-order valence-corrected chi connectivity index (χ1v) is 12.7. The van der Waals surface area contributed by atoms with E-state index in [0.29, 0.717) is 50.3 Å². The molecule has 9 nitrogen and oxygen atoms in total. The topological polar surface area (TPSA) is 119 Å². The van der Waals surface area contributed by atoms with Gasteiger partial charge in [0.15, 0.2) is 0 Å². The number of hydrogen-bond donors (Lipinski definition) is 2. The van der Waals surface area contributed by atoms with Gasteiger partial charge in [-0.3, -0.25) is 14.4 Å². The molecule has 2 atom stereocenters. The molecule has 0 aliphatic carbocycles. The van der Waals surface area contributed by atoms with Crippen molar-refractivity contribution >= 4 is 34.8 Å². The van der Waals surface area contributed by atoms with Crippen LogP contribution < -0.4 is 10.1 Å². The lowest BCUT2D eigenvalue weighted by Gasteiger charge is -2.26. The van der Waals surface area contributed by atoms with Gasteiger partial charge in [-0.05, 0) is 61.6 Å². The summed E-state index contributed by atoms with van der Waals surface area (Å²) in [6.07, 6.45) is 2.24. The molecule has 2 aromatic carbocycles. The van der Waals surface area contributed by atoms with Gasteiger partial charge in [-0.1, -0.05) is 6.92 Å². The fraction of sp³-hybridized carbons (Fsp3) is 0.357. The largest absolute Gasteiger partial charge is 0.494 e. The number of H-pyrrole nitrogens is 1. The van der Waals surface area contributed by atoms with Gasteiger partial charge in [-0.15, -0.1) is 0 Å². The van der Waals surface area contributed by atoms with Crippen molar-refractivity contribution in [3.8, 4) is 11.8 Å². The lowest BCUT2D eigenvalue weighted by molar-refractivity contribution is -0.132. The Labute approximate surface area is 224 Å². The van der Waals surface area contributed by atoms with E-state index in [-0.39, 0.29) is 41.5 Å². The maximum Gasteiger partial charge on any atom is 0.270 e. The number of unbranched alkanes of at least 4 members (excludes halogenated alkanes) is 1. The number of nitrogens with one attached hydrogen (secondary N) is 2. The van der Waals surface area contributed by atoms with Crippen LogP contribution in [0.2, 0.25) is 0 Å².